The molecule has 0 spiro atoms. The normalized spacial score (nSPS) is 13.6. The van der Waals surface area contributed by atoms with Crippen molar-refractivity contribution in [1.82, 2.24) is 9.47 Å². The van der Waals surface area contributed by atoms with Crippen LogP contribution in [0.5, 0.6) is 0 Å². The number of halogens is 1. The molecule has 3 rings (SSSR count). The molecule has 0 radical (unpaired) electrons. The number of benzene rings is 1. The number of nitrogens with one attached hydrogen (secondary N) is 1. The van der Waals surface area contributed by atoms with Crippen molar-refractivity contribution in [2.45, 2.75) is 33.6 Å². The largest absolute Gasteiger partial charge is 0.342 e. The smallest absolute Gasteiger partial charge is 0.255 e. The number of amides is 2. The Labute approximate surface area is 192 Å². The summed E-state index contributed by atoms with van der Waals surface area (Å²) in [5, 5.41) is 12.0. The number of rotatable bonds is 4. The third-order valence-electron chi connectivity index (χ3n) is 5.78. The maximum Gasteiger partial charge on any atom is 0.255 e. The van der Waals surface area contributed by atoms with Crippen LogP contribution in [-0.4, -0.2) is 34.4 Å². The molecule has 0 bridgehead atoms. The van der Waals surface area contributed by atoms with Crippen LogP contribution in [0.25, 0.3) is 6.08 Å². The summed E-state index contributed by atoms with van der Waals surface area (Å²) in [4.78, 5) is 39.0. The van der Waals surface area contributed by atoms with Gasteiger partial charge in [-0.3, -0.25) is 14.4 Å². The van der Waals surface area contributed by atoms with Gasteiger partial charge in [-0.15, -0.1) is 0 Å². The number of hydrogen-bond donors (Lipinski definition) is 1. The Hall–Kier alpha value is -3.73. The van der Waals surface area contributed by atoms with Gasteiger partial charge in [0.1, 0.15) is 17.6 Å². The van der Waals surface area contributed by atoms with Crippen LogP contribution in [0.2, 0.25) is 0 Å². The van der Waals surface area contributed by atoms with Gasteiger partial charge in [0, 0.05) is 43.2 Å². The summed E-state index contributed by atoms with van der Waals surface area (Å²) in [6.45, 7) is 6.64. The van der Waals surface area contributed by atoms with Crippen molar-refractivity contribution in [1.29, 1.82) is 5.26 Å². The molecule has 2 amide bonds. The highest BCUT2D eigenvalue weighted by atomic mass is 19.1. The SMILES string of the molecule is Cc1cc(F)cc(C=C2CCN(C(=O)C(C)C)CC2)c1NC(=O)c1cc(C#N)n(C)c(=O)c1. The zero-order valence-corrected chi connectivity index (χ0v) is 19.2. The summed E-state index contributed by atoms with van der Waals surface area (Å²) in [7, 11) is 1.46. The summed E-state index contributed by atoms with van der Waals surface area (Å²) in [6, 6.07) is 7.08. The molecule has 1 saturated heterocycles. The summed E-state index contributed by atoms with van der Waals surface area (Å²) >= 11 is 0. The number of likely N-dealkylation sites (tertiary alicyclic amines) is 1. The number of nitriles is 1. The Morgan fingerprint density at radius 2 is 1.85 bits per heavy atom. The fourth-order valence-corrected chi connectivity index (χ4v) is 3.86. The van der Waals surface area contributed by atoms with Crippen molar-refractivity contribution in [2.75, 3.05) is 18.4 Å². The molecule has 1 fully saturated rings. The van der Waals surface area contributed by atoms with Crippen LogP contribution < -0.4 is 10.9 Å². The zero-order valence-electron chi connectivity index (χ0n) is 19.2. The maximum atomic E-state index is 14.2. The molecule has 1 aliphatic heterocycles. The van der Waals surface area contributed by atoms with E-state index in [-0.39, 0.29) is 23.1 Å². The van der Waals surface area contributed by atoms with E-state index in [9.17, 15) is 24.0 Å². The van der Waals surface area contributed by atoms with Crippen molar-refractivity contribution in [3.8, 4) is 6.07 Å². The van der Waals surface area contributed by atoms with E-state index in [4.69, 9.17) is 0 Å². The lowest BCUT2D eigenvalue weighted by atomic mass is 9.97. The molecule has 33 heavy (non-hydrogen) atoms. The average Bonchev–Trinajstić information content (AvgIpc) is 2.77. The van der Waals surface area contributed by atoms with Crippen LogP contribution in [0.1, 0.15) is 53.9 Å². The molecular weight excluding hydrogens is 423 g/mol. The number of pyridine rings is 1. The first-order chi connectivity index (χ1) is 15.6. The second-order valence-electron chi connectivity index (χ2n) is 8.56. The number of aryl methyl sites for hydroxylation is 1. The fourth-order valence-electron chi connectivity index (χ4n) is 3.86. The Morgan fingerprint density at radius 3 is 2.45 bits per heavy atom. The highest BCUT2D eigenvalue weighted by Gasteiger charge is 2.22. The summed E-state index contributed by atoms with van der Waals surface area (Å²) in [5.74, 6) is -0.921. The first kappa shape index (κ1) is 23.9. The lowest BCUT2D eigenvalue weighted by molar-refractivity contribution is -0.134. The van der Waals surface area contributed by atoms with E-state index in [1.807, 2.05) is 30.9 Å². The van der Waals surface area contributed by atoms with Crippen molar-refractivity contribution < 1.29 is 14.0 Å². The van der Waals surface area contributed by atoms with E-state index in [0.717, 1.165) is 16.2 Å². The van der Waals surface area contributed by atoms with Gasteiger partial charge in [0.2, 0.25) is 5.91 Å². The predicted molar refractivity (Wildman–Crippen MR) is 124 cm³/mol. The molecular formula is C25H27FN4O3. The average molecular weight is 451 g/mol. The van der Waals surface area contributed by atoms with Crippen molar-refractivity contribution >= 4 is 23.6 Å². The Kier molecular flexibility index (Phi) is 7.12. The van der Waals surface area contributed by atoms with E-state index in [1.165, 1.54) is 25.2 Å². The topological polar surface area (TPSA) is 95.2 Å². The first-order valence-corrected chi connectivity index (χ1v) is 10.8. The number of carbonyl (C=O) groups is 2. The molecule has 0 unspecified atom stereocenters. The molecule has 0 atom stereocenters. The van der Waals surface area contributed by atoms with E-state index in [1.54, 1.807) is 6.92 Å². The van der Waals surface area contributed by atoms with Crippen molar-refractivity contribution in [2.24, 2.45) is 13.0 Å². The summed E-state index contributed by atoms with van der Waals surface area (Å²) in [6.07, 6.45) is 3.19. The number of piperidine rings is 1. The van der Waals surface area contributed by atoms with Gasteiger partial charge in [-0.25, -0.2) is 4.39 Å². The molecule has 2 heterocycles. The molecule has 0 aliphatic carbocycles. The lowest BCUT2D eigenvalue weighted by Crippen LogP contribution is -2.38. The third kappa shape index (κ3) is 5.37. The van der Waals surface area contributed by atoms with E-state index in [0.29, 0.717) is 42.7 Å². The van der Waals surface area contributed by atoms with Gasteiger partial charge in [0.05, 0.1) is 5.69 Å². The summed E-state index contributed by atoms with van der Waals surface area (Å²) < 4.78 is 15.4. The third-order valence-corrected chi connectivity index (χ3v) is 5.78. The van der Waals surface area contributed by atoms with Crippen LogP contribution in [0.4, 0.5) is 10.1 Å². The van der Waals surface area contributed by atoms with Gasteiger partial charge in [-0.1, -0.05) is 25.5 Å². The van der Waals surface area contributed by atoms with Crippen LogP contribution in [-0.2, 0) is 11.8 Å². The van der Waals surface area contributed by atoms with Gasteiger partial charge in [0.15, 0.2) is 0 Å². The van der Waals surface area contributed by atoms with Crippen LogP contribution in [0.15, 0.2) is 34.6 Å². The number of nitrogens with zero attached hydrogens (tertiary/aromatic N) is 3. The van der Waals surface area contributed by atoms with Gasteiger partial charge in [-0.2, -0.15) is 5.26 Å². The highest BCUT2D eigenvalue weighted by molar-refractivity contribution is 6.05. The molecule has 1 aromatic heterocycles. The van der Waals surface area contributed by atoms with Gasteiger partial charge < -0.3 is 14.8 Å². The number of aromatic nitrogens is 1. The molecule has 1 aromatic carbocycles. The molecule has 0 saturated carbocycles. The van der Waals surface area contributed by atoms with Crippen molar-refractivity contribution in [3.63, 3.8) is 0 Å². The van der Waals surface area contributed by atoms with Gasteiger partial charge in [-0.05, 0) is 43.5 Å². The van der Waals surface area contributed by atoms with Gasteiger partial charge >= 0.3 is 0 Å². The first-order valence-electron chi connectivity index (χ1n) is 10.8. The minimum absolute atomic E-state index is 0.0532. The lowest BCUT2D eigenvalue weighted by Gasteiger charge is -2.30. The molecule has 8 heteroatoms. The quantitative estimate of drug-likeness (QED) is 0.770. The van der Waals surface area contributed by atoms with E-state index in [2.05, 4.69) is 5.32 Å². The zero-order chi connectivity index (χ0) is 24.3. The highest BCUT2D eigenvalue weighted by Crippen LogP contribution is 2.28. The summed E-state index contributed by atoms with van der Waals surface area (Å²) in [5.41, 5.74) is 2.19. The molecule has 7 nitrogen and oxygen atoms in total. The predicted octanol–water partition coefficient (Wildman–Crippen LogP) is 3.62. The van der Waals surface area contributed by atoms with Gasteiger partial charge in [0.25, 0.3) is 11.5 Å². The number of anilines is 1. The standard InChI is InChI=1S/C25H27FN4O3/c1-15(2)25(33)30-7-5-17(6-8-30)10-18-11-20(26)9-16(3)23(18)28-24(32)19-12-21(14-27)29(4)22(31)13-19/h9-13,15H,5-8H2,1-4H3,(H,28,32). The van der Waals surface area contributed by atoms with Crippen LogP contribution in [0.3, 0.4) is 0 Å². The van der Waals surface area contributed by atoms with Crippen molar-refractivity contribution in [3.05, 3.63) is 68.4 Å². The van der Waals surface area contributed by atoms with E-state index < -0.39 is 17.3 Å². The number of carbonyl (C=O) groups excluding carboxylic acids is 2. The second kappa shape index (κ2) is 9.82. The Balaban J connectivity index is 1.88. The Bertz CT molecular complexity index is 1230. The number of hydrogen-bond acceptors (Lipinski definition) is 4. The molecule has 172 valence electrons. The fraction of sp³-hybridized carbons (Fsp3) is 0.360. The van der Waals surface area contributed by atoms with Crippen LogP contribution >= 0.6 is 0 Å². The monoisotopic (exact) mass is 450 g/mol. The molecule has 2 aromatic rings. The second-order valence-corrected chi connectivity index (χ2v) is 8.56. The minimum atomic E-state index is -0.559. The minimum Gasteiger partial charge on any atom is -0.342 e. The molecule has 1 N–H and O–H groups in total. The Morgan fingerprint density at radius 1 is 1.18 bits per heavy atom. The van der Waals surface area contributed by atoms with E-state index >= 15 is 0 Å². The van der Waals surface area contributed by atoms with Crippen LogP contribution in [0, 0.1) is 30.0 Å². The molecule has 1 aliphatic rings. The maximum absolute atomic E-state index is 14.2.